The third-order valence-electron chi connectivity index (χ3n) is 5.65. The van der Waals surface area contributed by atoms with E-state index in [1.165, 1.54) is 23.9 Å². The zero-order chi connectivity index (χ0) is 23.6. The van der Waals surface area contributed by atoms with Crippen LogP contribution in [0.1, 0.15) is 16.7 Å². The van der Waals surface area contributed by atoms with Crippen LogP contribution in [-0.2, 0) is 28.8 Å². The van der Waals surface area contributed by atoms with E-state index in [1.54, 1.807) is 11.0 Å². The van der Waals surface area contributed by atoms with E-state index in [-0.39, 0.29) is 9.92 Å². The van der Waals surface area contributed by atoms with Crippen LogP contribution in [0.25, 0.3) is 0 Å². The van der Waals surface area contributed by atoms with Crippen molar-refractivity contribution in [3.63, 3.8) is 0 Å². The fraction of sp³-hybridized carbons (Fsp3) is 0.208. The second kappa shape index (κ2) is 9.48. The summed E-state index contributed by atoms with van der Waals surface area (Å²) in [5.41, 5.74) is 1.29. The molecular weight excluding hydrogens is 478 g/mol. The third-order valence-corrected chi connectivity index (χ3v) is 8.38. The third kappa shape index (κ3) is 5.10. The lowest BCUT2D eigenvalue weighted by Crippen LogP contribution is -2.44. The number of aliphatic hydroxyl groups is 1. The van der Waals surface area contributed by atoms with E-state index in [4.69, 9.17) is 16.7 Å². The molecule has 1 atom stereocenters. The van der Waals surface area contributed by atoms with Crippen molar-refractivity contribution in [3.05, 3.63) is 101 Å². The largest absolute Gasteiger partial charge is 0.349 e. The summed E-state index contributed by atoms with van der Waals surface area (Å²) >= 11 is 7.58. The predicted octanol–water partition coefficient (Wildman–Crippen LogP) is 3.58. The second-order valence-corrected chi connectivity index (χ2v) is 10.8. The number of amidine groups is 1. The van der Waals surface area contributed by atoms with Crippen LogP contribution in [0.2, 0.25) is 5.02 Å². The Bertz CT molecular complexity index is 1240. The van der Waals surface area contributed by atoms with Crippen LogP contribution in [0.3, 0.4) is 0 Å². The molecule has 33 heavy (non-hydrogen) atoms. The molecule has 1 aliphatic rings. The normalized spacial score (nSPS) is 18.5. The smallest absolute Gasteiger partial charge is 0.311 e. The number of hydrogen-bond donors (Lipinski definition) is 2. The number of thioether (sulfide) groups is 1. The van der Waals surface area contributed by atoms with Gasteiger partial charge in [-0.3, -0.25) is 0 Å². The maximum Gasteiger partial charge on any atom is 0.311 e. The lowest BCUT2D eigenvalue weighted by Gasteiger charge is -2.27. The quantitative estimate of drug-likeness (QED) is 0.503. The summed E-state index contributed by atoms with van der Waals surface area (Å²) in [6, 6.07) is 24.7. The molecule has 1 saturated heterocycles. The van der Waals surface area contributed by atoms with Crippen molar-refractivity contribution >= 4 is 38.6 Å². The number of rotatable bonds is 6. The predicted molar refractivity (Wildman–Crippen MR) is 133 cm³/mol. The molecule has 0 amide bonds. The standard InChI is InChI=1S/C24H25ClN3O3S2/c1-27-23(28(15-18-8-4-2-5-9-18)16-19-10-6-3-7-11-19)32-17-24(27,29)20-12-13-21(25)22(14-20)33(26,30)31/h2-14,29H,15-17H2,1H3,(H2,26,30,31)/q+1. The monoisotopic (exact) mass is 502 g/mol. The SMILES string of the molecule is CN1C(=[N+](Cc2ccccc2)Cc2ccccc2)SCC1(O)c1ccc(Cl)c(S(N)(=O)=O)c1. The molecule has 0 saturated carbocycles. The minimum atomic E-state index is -4.03. The van der Waals surface area contributed by atoms with Gasteiger partial charge in [-0.25, -0.2) is 23.0 Å². The van der Waals surface area contributed by atoms with E-state index in [2.05, 4.69) is 28.8 Å². The number of primary sulfonamides is 1. The van der Waals surface area contributed by atoms with Crippen LogP contribution in [-0.4, -0.2) is 41.0 Å². The first-order chi connectivity index (χ1) is 15.7. The molecule has 3 N–H and O–H groups in total. The minimum Gasteiger partial charge on any atom is -0.349 e. The van der Waals surface area contributed by atoms with Crippen LogP contribution in [0.4, 0.5) is 0 Å². The van der Waals surface area contributed by atoms with Gasteiger partial charge in [0.15, 0.2) is 0 Å². The van der Waals surface area contributed by atoms with Crippen molar-refractivity contribution in [3.8, 4) is 0 Å². The molecule has 1 aliphatic heterocycles. The zero-order valence-electron chi connectivity index (χ0n) is 18.1. The molecular formula is C24H25ClN3O3S2+. The molecule has 0 spiro atoms. The molecule has 0 radical (unpaired) electrons. The van der Waals surface area contributed by atoms with Crippen LogP contribution in [0, 0.1) is 0 Å². The Morgan fingerprint density at radius 2 is 1.58 bits per heavy atom. The maximum atomic E-state index is 12.0. The first-order valence-electron chi connectivity index (χ1n) is 10.3. The molecule has 4 rings (SSSR count). The summed E-state index contributed by atoms with van der Waals surface area (Å²) in [7, 11) is -2.22. The highest BCUT2D eigenvalue weighted by atomic mass is 35.5. The summed E-state index contributed by atoms with van der Waals surface area (Å²) in [5.74, 6) is 0.324. The highest BCUT2D eigenvalue weighted by molar-refractivity contribution is 8.13. The van der Waals surface area contributed by atoms with Gasteiger partial charge in [-0.2, -0.15) is 0 Å². The number of sulfonamides is 1. The van der Waals surface area contributed by atoms with Crippen LogP contribution in [0.15, 0.2) is 83.8 Å². The molecule has 9 heteroatoms. The first kappa shape index (κ1) is 23.8. The lowest BCUT2D eigenvalue weighted by atomic mass is 10.0. The van der Waals surface area contributed by atoms with Gasteiger partial charge in [-0.1, -0.05) is 78.3 Å². The van der Waals surface area contributed by atoms with E-state index < -0.39 is 15.7 Å². The van der Waals surface area contributed by atoms with Gasteiger partial charge < -0.3 is 5.11 Å². The average Bonchev–Trinajstić information content (AvgIpc) is 3.09. The molecule has 1 fully saturated rings. The van der Waals surface area contributed by atoms with E-state index in [0.29, 0.717) is 24.4 Å². The summed E-state index contributed by atoms with van der Waals surface area (Å²) < 4.78 is 26.1. The molecule has 0 aromatic heterocycles. The zero-order valence-corrected chi connectivity index (χ0v) is 20.4. The van der Waals surface area contributed by atoms with Crippen molar-refractivity contribution < 1.29 is 18.1 Å². The van der Waals surface area contributed by atoms with Crippen LogP contribution in [0.5, 0.6) is 0 Å². The number of nitrogens with two attached hydrogens (primary N) is 1. The maximum absolute atomic E-state index is 12.0. The summed E-state index contributed by atoms with van der Waals surface area (Å²) in [5, 5.41) is 17.9. The Morgan fingerprint density at radius 1 is 1.03 bits per heavy atom. The Morgan fingerprint density at radius 3 is 2.09 bits per heavy atom. The molecule has 1 unspecified atom stereocenters. The Hall–Kier alpha value is -2.36. The van der Waals surface area contributed by atoms with Crippen molar-refractivity contribution in [1.29, 1.82) is 0 Å². The Balaban J connectivity index is 1.75. The molecule has 6 nitrogen and oxygen atoms in total. The summed E-state index contributed by atoms with van der Waals surface area (Å²) in [6.07, 6.45) is 0. The second-order valence-electron chi connectivity index (χ2n) is 7.96. The molecule has 0 aliphatic carbocycles. The van der Waals surface area contributed by atoms with Crippen molar-refractivity contribution in [1.82, 2.24) is 4.90 Å². The fourth-order valence-corrected chi connectivity index (χ4v) is 6.28. The molecule has 1 heterocycles. The fourth-order valence-electron chi connectivity index (χ4n) is 3.87. The van der Waals surface area contributed by atoms with E-state index in [0.717, 1.165) is 16.3 Å². The van der Waals surface area contributed by atoms with Gasteiger partial charge in [0.05, 0.1) is 17.8 Å². The first-order valence-corrected chi connectivity index (χ1v) is 13.2. The molecule has 0 bridgehead atoms. The number of halogens is 1. The summed E-state index contributed by atoms with van der Waals surface area (Å²) in [6.45, 7) is 1.31. The highest BCUT2D eigenvalue weighted by Crippen LogP contribution is 2.39. The Kier molecular flexibility index (Phi) is 6.83. The lowest BCUT2D eigenvalue weighted by molar-refractivity contribution is -0.562. The van der Waals surface area contributed by atoms with Crippen molar-refractivity contribution in [2.75, 3.05) is 12.8 Å². The van der Waals surface area contributed by atoms with Crippen LogP contribution < -0.4 is 5.14 Å². The average molecular weight is 503 g/mol. The van der Waals surface area contributed by atoms with E-state index >= 15 is 0 Å². The molecule has 3 aromatic carbocycles. The van der Waals surface area contributed by atoms with E-state index in [1.807, 2.05) is 43.4 Å². The molecule has 172 valence electrons. The number of benzene rings is 3. The minimum absolute atomic E-state index is 0.0251. The van der Waals surface area contributed by atoms with Crippen molar-refractivity contribution in [2.45, 2.75) is 23.7 Å². The van der Waals surface area contributed by atoms with Gasteiger partial charge in [0.1, 0.15) is 18.0 Å². The number of hydrogen-bond acceptors (Lipinski definition) is 4. The summed E-state index contributed by atoms with van der Waals surface area (Å²) in [4.78, 5) is 1.59. The van der Waals surface area contributed by atoms with Gasteiger partial charge in [0.2, 0.25) is 15.7 Å². The Labute approximate surface area is 203 Å². The van der Waals surface area contributed by atoms with Gasteiger partial charge in [-0.15, -0.1) is 0 Å². The topological polar surface area (TPSA) is 86.6 Å². The van der Waals surface area contributed by atoms with Gasteiger partial charge in [-0.05, 0) is 35.0 Å². The highest BCUT2D eigenvalue weighted by Gasteiger charge is 2.50. The number of nitrogens with zero attached hydrogens (tertiary/aromatic N) is 2. The van der Waals surface area contributed by atoms with Gasteiger partial charge in [0, 0.05) is 5.56 Å². The van der Waals surface area contributed by atoms with Crippen LogP contribution >= 0.6 is 23.4 Å². The van der Waals surface area contributed by atoms with Gasteiger partial charge in [0.25, 0.3) is 0 Å². The molecule has 3 aromatic rings. The van der Waals surface area contributed by atoms with Crippen molar-refractivity contribution in [2.24, 2.45) is 5.14 Å². The van der Waals surface area contributed by atoms with Gasteiger partial charge >= 0.3 is 5.17 Å². The van der Waals surface area contributed by atoms with E-state index in [9.17, 15) is 13.5 Å².